The van der Waals surface area contributed by atoms with Crippen molar-refractivity contribution in [2.45, 2.75) is 5.03 Å². The lowest BCUT2D eigenvalue weighted by Gasteiger charge is -1.94. The number of thioether (sulfide) groups is 1. The first-order valence-electron chi connectivity index (χ1n) is 2.72. The van der Waals surface area contributed by atoms with Crippen LogP contribution in [0.15, 0.2) is 29.4 Å². The van der Waals surface area contributed by atoms with E-state index in [2.05, 4.69) is 4.98 Å². The number of rotatable bonds is 1. The third-order valence-corrected chi connectivity index (χ3v) is 1.52. The second kappa shape index (κ2) is 7.57. The molecule has 1 aromatic rings. The quantitative estimate of drug-likeness (QED) is 0.474. The molecule has 0 saturated carbocycles. The van der Waals surface area contributed by atoms with Gasteiger partial charge in [0.05, 0.1) is 0 Å². The van der Waals surface area contributed by atoms with E-state index in [1.54, 1.807) is 6.20 Å². The zero-order valence-electron chi connectivity index (χ0n) is 6.06. The van der Waals surface area contributed by atoms with Gasteiger partial charge in [-0.1, -0.05) is 6.07 Å². The minimum Gasteiger partial charge on any atom is -0.378 e. The zero-order valence-corrected chi connectivity index (χ0v) is 10.3. The van der Waals surface area contributed by atoms with Crippen LogP contribution in [0.1, 0.15) is 0 Å². The third kappa shape index (κ3) is 5.56. The molecule has 1 rings (SSSR count). The van der Waals surface area contributed by atoms with Gasteiger partial charge in [-0.15, -0.1) is 34.0 Å². The van der Waals surface area contributed by atoms with Crippen molar-refractivity contribution in [2.24, 2.45) is 5.73 Å². The van der Waals surface area contributed by atoms with Crippen LogP contribution in [0.4, 0.5) is 0 Å². The number of aromatic nitrogens is 1. The maximum absolute atomic E-state index is 6.93. The molecule has 0 unspecified atom stereocenters. The van der Waals surface area contributed by atoms with Crippen LogP contribution in [0.2, 0.25) is 0 Å². The summed E-state index contributed by atoms with van der Waals surface area (Å²) in [5, 5.41) is 7.76. The van der Waals surface area contributed by atoms with Gasteiger partial charge in [-0.3, -0.25) is 5.41 Å². The summed E-state index contributed by atoms with van der Waals surface area (Å²) >= 11 is 1.15. The smallest absolute Gasteiger partial charge is 0.157 e. The molecule has 0 aliphatic carbocycles. The highest BCUT2D eigenvalue weighted by atomic mass is 79.9. The van der Waals surface area contributed by atoms with Gasteiger partial charge in [-0.05, 0) is 23.9 Å². The van der Waals surface area contributed by atoms with E-state index in [0.717, 1.165) is 16.8 Å². The van der Waals surface area contributed by atoms with Crippen LogP contribution in [0, 0.1) is 5.41 Å². The summed E-state index contributed by atoms with van der Waals surface area (Å²) in [6, 6.07) is 5.49. The van der Waals surface area contributed by atoms with E-state index in [1.807, 2.05) is 18.2 Å². The standard InChI is InChI=1S/C6H7N3S.2BrH/c7-6(8)10-5-3-1-2-4-9-5;;/h1-4H,(H3,7,8);2*1H. The predicted octanol–water partition coefficient (Wildman–Crippen LogP) is 2.22. The van der Waals surface area contributed by atoms with E-state index < -0.39 is 0 Å². The van der Waals surface area contributed by atoms with E-state index in [0.29, 0.717) is 0 Å². The van der Waals surface area contributed by atoms with Gasteiger partial charge in [0.1, 0.15) is 5.03 Å². The molecular weight excluding hydrogens is 306 g/mol. The molecule has 1 aromatic heterocycles. The zero-order chi connectivity index (χ0) is 7.40. The molecule has 0 spiro atoms. The Morgan fingerprint density at radius 3 is 2.50 bits per heavy atom. The Kier molecular flexibility index (Phi) is 9.12. The molecule has 0 aliphatic rings. The third-order valence-electron chi connectivity index (χ3n) is 0.852. The number of nitrogens with two attached hydrogens (primary N) is 1. The van der Waals surface area contributed by atoms with Crippen LogP contribution in [0.3, 0.4) is 0 Å². The molecule has 3 N–H and O–H groups in total. The van der Waals surface area contributed by atoms with Gasteiger partial charge >= 0.3 is 0 Å². The maximum atomic E-state index is 6.93. The normalized spacial score (nSPS) is 7.67. The SMILES string of the molecule is Br.Br.N=C(N)Sc1ccccn1. The van der Waals surface area contributed by atoms with E-state index in [-0.39, 0.29) is 39.1 Å². The first kappa shape index (κ1) is 14.5. The fourth-order valence-corrected chi connectivity index (χ4v) is 1.01. The van der Waals surface area contributed by atoms with Crippen LogP contribution < -0.4 is 5.73 Å². The topological polar surface area (TPSA) is 62.8 Å². The Balaban J connectivity index is 0. The monoisotopic (exact) mass is 313 g/mol. The summed E-state index contributed by atoms with van der Waals surface area (Å²) in [5.74, 6) is 0. The highest BCUT2D eigenvalue weighted by Gasteiger charge is 1.93. The molecule has 0 radical (unpaired) electrons. The van der Waals surface area contributed by atoms with Crippen molar-refractivity contribution >= 4 is 50.9 Å². The van der Waals surface area contributed by atoms with Crippen LogP contribution in [-0.4, -0.2) is 10.2 Å². The van der Waals surface area contributed by atoms with E-state index in [4.69, 9.17) is 11.1 Å². The molecule has 0 bridgehead atoms. The second-order valence-electron chi connectivity index (χ2n) is 1.63. The van der Waals surface area contributed by atoms with E-state index in [1.165, 1.54) is 0 Å². The van der Waals surface area contributed by atoms with Crippen molar-refractivity contribution in [1.29, 1.82) is 5.41 Å². The number of nitrogens with zero attached hydrogens (tertiary/aromatic N) is 1. The van der Waals surface area contributed by atoms with Gasteiger partial charge < -0.3 is 5.73 Å². The highest BCUT2D eigenvalue weighted by Crippen LogP contribution is 2.11. The van der Waals surface area contributed by atoms with Gasteiger partial charge in [0.15, 0.2) is 5.17 Å². The molecule has 68 valence electrons. The summed E-state index contributed by atoms with van der Waals surface area (Å²) in [6.45, 7) is 0. The highest BCUT2D eigenvalue weighted by molar-refractivity contribution is 8.93. The first-order chi connectivity index (χ1) is 4.79. The Labute approximate surface area is 96.2 Å². The number of amidine groups is 1. The molecule has 1 heterocycles. The Morgan fingerprint density at radius 2 is 2.08 bits per heavy atom. The fourth-order valence-electron chi connectivity index (χ4n) is 0.520. The molecule has 0 aliphatic heterocycles. The van der Waals surface area contributed by atoms with Crippen LogP contribution >= 0.6 is 45.7 Å². The number of hydrogen-bond donors (Lipinski definition) is 2. The van der Waals surface area contributed by atoms with Gasteiger partial charge in [-0.2, -0.15) is 0 Å². The van der Waals surface area contributed by atoms with Crippen molar-refractivity contribution in [3.05, 3.63) is 24.4 Å². The van der Waals surface area contributed by atoms with E-state index >= 15 is 0 Å². The lowest BCUT2D eigenvalue weighted by molar-refractivity contribution is 1.14. The van der Waals surface area contributed by atoms with Crippen LogP contribution in [0.25, 0.3) is 0 Å². The number of pyridine rings is 1. The lowest BCUT2D eigenvalue weighted by atomic mass is 10.5. The minimum atomic E-state index is 0. The fraction of sp³-hybridized carbons (Fsp3) is 0. The summed E-state index contributed by atoms with van der Waals surface area (Å²) in [6.07, 6.45) is 1.67. The summed E-state index contributed by atoms with van der Waals surface area (Å²) in [4.78, 5) is 3.96. The molecule has 0 amide bonds. The summed E-state index contributed by atoms with van der Waals surface area (Å²) in [5.41, 5.74) is 5.13. The first-order valence-corrected chi connectivity index (χ1v) is 3.53. The van der Waals surface area contributed by atoms with Crippen LogP contribution in [-0.2, 0) is 0 Å². The average Bonchev–Trinajstić information content (AvgIpc) is 1.88. The largest absolute Gasteiger partial charge is 0.378 e. The van der Waals surface area contributed by atoms with Gasteiger partial charge in [-0.25, -0.2) is 4.98 Å². The van der Waals surface area contributed by atoms with Crippen molar-refractivity contribution in [3.63, 3.8) is 0 Å². The van der Waals surface area contributed by atoms with Crippen molar-refractivity contribution in [3.8, 4) is 0 Å². The molecule has 6 heteroatoms. The van der Waals surface area contributed by atoms with Crippen molar-refractivity contribution < 1.29 is 0 Å². The Morgan fingerprint density at radius 1 is 1.42 bits per heavy atom. The number of hydrogen-bond acceptors (Lipinski definition) is 3. The Hall–Kier alpha value is -0.0700. The number of nitrogens with one attached hydrogen (secondary N) is 1. The minimum absolute atomic E-state index is 0. The second-order valence-corrected chi connectivity index (χ2v) is 2.70. The van der Waals surface area contributed by atoms with Crippen LogP contribution in [0.5, 0.6) is 0 Å². The van der Waals surface area contributed by atoms with Gasteiger partial charge in [0, 0.05) is 6.20 Å². The summed E-state index contributed by atoms with van der Waals surface area (Å²) < 4.78 is 0. The Bertz CT molecular complexity index is 229. The maximum Gasteiger partial charge on any atom is 0.157 e. The van der Waals surface area contributed by atoms with Crippen molar-refractivity contribution in [1.82, 2.24) is 4.98 Å². The average molecular weight is 315 g/mol. The molecule has 3 nitrogen and oxygen atoms in total. The number of halogens is 2. The molecule has 0 atom stereocenters. The van der Waals surface area contributed by atoms with Crippen molar-refractivity contribution in [2.75, 3.05) is 0 Å². The molecule has 0 aromatic carbocycles. The summed E-state index contributed by atoms with van der Waals surface area (Å²) in [7, 11) is 0. The molecule has 0 fully saturated rings. The molecule has 12 heavy (non-hydrogen) atoms. The van der Waals surface area contributed by atoms with Gasteiger partial charge in [0.25, 0.3) is 0 Å². The lowest BCUT2D eigenvalue weighted by Crippen LogP contribution is -2.03. The molecular formula is C6H9Br2N3S. The van der Waals surface area contributed by atoms with E-state index in [9.17, 15) is 0 Å². The predicted molar refractivity (Wildman–Crippen MR) is 62.7 cm³/mol. The molecule has 0 saturated heterocycles. The van der Waals surface area contributed by atoms with Gasteiger partial charge in [0.2, 0.25) is 0 Å².